The summed E-state index contributed by atoms with van der Waals surface area (Å²) < 4.78 is 11.8. The predicted octanol–water partition coefficient (Wildman–Crippen LogP) is 1.55. The fourth-order valence-electron chi connectivity index (χ4n) is 1.25. The summed E-state index contributed by atoms with van der Waals surface area (Å²) in [6, 6.07) is 0. The number of hydrogen-bond donors (Lipinski definition) is 0. The van der Waals surface area contributed by atoms with Crippen molar-refractivity contribution in [2.45, 2.75) is 13.8 Å². The first-order valence-electron chi connectivity index (χ1n) is 4.51. The van der Waals surface area contributed by atoms with Crippen molar-refractivity contribution < 1.29 is 4.39 Å². The van der Waals surface area contributed by atoms with Gasteiger partial charge in [-0.1, -0.05) is 19.8 Å². The number of likely N-dealkylation sites (tertiary alicyclic amines) is 1. The summed E-state index contributed by atoms with van der Waals surface area (Å²) >= 11 is 0. The van der Waals surface area contributed by atoms with E-state index in [1.165, 1.54) is 0 Å². The van der Waals surface area contributed by atoms with E-state index >= 15 is 0 Å². The van der Waals surface area contributed by atoms with Crippen molar-refractivity contribution in [1.82, 2.24) is 4.90 Å². The van der Waals surface area contributed by atoms with Crippen LogP contribution >= 0.6 is 0 Å². The van der Waals surface area contributed by atoms with Crippen molar-refractivity contribution in [2.24, 2.45) is 11.8 Å². The smallest absolute Gasteiger partial charge is 0.102 e. The van der Waals surface area contributed by atoms with Gasteiger partial charge in [-0.3, -0.25) is 4.90 Å². The van der Waals surface area contributed by atoms with Gasteiger partial charge in [-0.05, 0) is 0 Å². The SMILES string of the molecule is CC(C)C#CC1CN(CCF)C1. The summed E-state index contributed by atoms with van der Waals surface area (Å²) in [4.78, 5) is 2.10. The van der Waals surface area contributed by atoms with Crippen LogP contribution < -0.4 is 0 Å². The van der Waals surface area contributed by atoms with E-state index in [0.29, 0.717) is 18.4 Å². The molecule has 0 amide bonds. The molecule has 68 valence electrons. The largest absolute Gasteiger partial charge is 0.298 e. The van der Waals surface area contributed by atoms with Crippen LogP contribution in [-0.4, -0.2) is 31.2 Å². The molecule has 0 radical (unpaired) electrons. The van der Waals surface area contributed by atoms with Crippen LogP contribution in [-0.2, 0) is 0 Å². The van der Waals surface area contributed by atoms with Crippen molar-refractivity contribution in [3.63, 3.8) is 0 Å². The maximum absolute atomic E-state index is 11.8. The average molecular weight is 169 g/mol. The molecule has 0 N–H and O–H groups in total. The van der Waals surface area contributed by atoms with Gasteiger partial charge in [0.2, 0.25) is 0 Å². The van der Waals surface area contributed by atoms with Crippen molar-refractivity contribution in [3.05, 3.63) is 0 Å². The molecule has 0 bridgehead atoms. The topological polar surface area (TPSA) is 3.24 Å². The van der Waals surface area contributed by atoms with Crippen molar-refractivity contribution in [1.29, 1.82) is 0 Å². The Labute approximate surface area is 73.9 Å². The molecule has 1 nitrogen and oxygen atoms in total. The van der Waals surface area contributed by atoms with Crippen LogP contribution in [0, 0.1) is 23.7 Å². The molecule has 1 heterocycles. The molecule has 0 unspecified atom stereocenters. The minimum atomic E-state index is -0.232. The standard InChI is InChI=1S/C10H16FN/c1-9(2)3-4-10-7-12(8-10)6-5-11/h9-10H,5-8H2,1-2H3. The average Bonchev–Trinajstić information content (AvgIpc) is 1.93. The number of nitrogens with zero attached hydrogens (tertiary/aromatic N) is 1. The number of halogens is 1. The van der Waals surface area contributed by atoms with Gasteiger partial charge >= 0.3 is 0 Å². The van der Waals surface area contributed by atoms with Gasteiger partial charge in [-0.15, -0.1) is 5.92 Å². The number of alkyl halides is 1. The molecule has 2 heteroatoms. The molecule has 0 aromatic heterocycles. The Kier molecular flexibility index (Phi) is 3.55. The quantitative estimate of drug-likeness (QED) is 0.567. The molecular weight excluding hydrogens is 153 g/mol. The second-order valence-electron chi connectivity index (χ2n) is 3.59. The second kappa shape index (κ2) is 4.47. The van der Waals surface area contributed by atoms with Crippen molar-refractivity contribution in [3.8, 4) is 11.8 Å². The van der Waals surface area contributed by atoms with Crippen LogP contribution in [0.5, 0.6) is 0 Å². The van der Waals surface area contributed by atoms with Gasteiger partial charge in [0.25, 0.3) is 0 Å². The molecule has 0 aliphatic carbocycles. The summed E-state index contributed by atoms with van der Waals surface area (Å²) in [7, 11) is 0. The molecule has 0 spiro atoms. The molecule has 1 fully saturated rings. The molecule has 1 rings (SSSR count). The maximum Gasteiger partial charge on any atom is 0.102 e. The number of rotatable bonds is 2. The Hall–Kier alpha value is -0.550. The molecule has 1 saturated heterocycles. The lowest BCUT2D eigenvalue weighted by molar-refractivity contribution is 0.126. The van der Waals surface area contributed by atoms with Crippen LogP contribution in [0.1, 0.15) is 13.8 Å². The summed E-state index contributed by atoms with van der Waals surface area (Å²) in [6.07, 6.45) is 0. The van der Waals surface area contributed by atoms with Gasteiger partial charge in [-0.2, -0.15) is 0 Å². The zero-order valence-corrected chi connectivity index (χ0v) is 7.81. The summed E-state index contributed by atoms with van der Waals surface area (Å²) in [6.45, 7) is 6.45. The molecule has 1 aliphatic heterocycles. The molecule has 0 atom stereocenters. The Morgan fingerprint density at radius 2 is 2.17 bits per heavy atom. The fourth-order valence-corrected chi connectivity index (χ4v) is 1.25. The van der Waals surface area contributed by atoms with Crippen LogP contribution in [0.25, 0.3) is 0 Å². The van der Waals surface area contributed by atoms with E-state index in [-0.39, 0.29) is 6.67 Å². The fraction of sp³-hybridized carbons (Fsp3) is 0.800. The highest BCUT2D eigenvalue weighted by Crippen LogP contribution is 2.13. The van der Waals surface area contributed by atoms with Gasteiger partial charge in [0, 0.05) is 31.5 Å². The molecular formula is C10H16FN. The zero-order chi connectivity index (χ0) is 8.97. The molecule has 0 saturated carbocycles. The zero-order valence-electron chi connectivity index (χ0n) is 7.81. The van der Waals surface area contributed by atoms with Crippen molar-refractivity contribution in [2.75, 3.05) is 26.3 Å². The number of hydrogen-bond acceptors (Lipinski definition) is 1. The van der Waals surface area contributed by atoms with E-state index in [9.17, 15) is 4.39 Å². The molecule has 0 aromatic carbocycles. The highest BCUT2D eigenvalue weighted by atomic mass is 19.1. The normalized spacial score (nSPS) is 18.7. The lowest BCUT2D eigenvalue weighted by Crippen LogP contribution is -2.46. The minimum absolute atomic E-state index is 0.232. The van der Waals surface area contributed by atoms with E-state index < -0.39 is 0 Å². The van der Waals surface area contributed by atoms with E-state index in [1.54, 1.807) is 0 Å². The highest BCUT2D eigenvalue weighted by Gasteiger charge is 2.23. The van der Waals surface area contributed by atoms with Crippen LogP contribution in [0.2, 0.25) is 0 Å². The van der Waals surface area contributed by atoms with Gasteiger partial charge in [0.1, 0.15) is 6.67 Å². The first-order chi connectivity index (χ1) is 5.72. The minimum Gasteiger partial charge on any atom is -0.298 e. The third-order valence-corrected chi connectivity index (χ3v) is 1.93. The van der Waals surface area contributed by atoms with Crippen LogP contribution in [0.4, 0.5) is 4.39 Å². The molecule has 0 aromatic rings. The first kappa shape index (κ1) is 9.54. The second-order valence-corrected chi connectivity index (χ2v) is 3.59. The predicted molar refractivity (Wildman–Crippen MR) is 48.5 cm³/mol. The lowest BCUT2D eigenvalue weighted by atomic mass is 10.0. The molecule has 1 aliphatic rings. The van der Waals surface area contributed by atoms with E-state index in [4.69, 9.17) is 0 Å². The monoisotopic (exact) mass is 169 g/mol. The van der Waals surface area contributed by atoms with Crippen LogP contribution in [0.15, 0.2) is 0 Å². The highest BCUT2D eigenvalue weighted by molar-refractivity contribution is 5.10. The Morgan fingerprint density at radius 3 is 2.67 bits per heavy atom. The van der Waals surface area contributed by atoms with Gasteiger partial charge < -0.3 is 0 Å². The summed E-state index contributed by atoms with van der Waals surface area (Å²) in [5.41, 5.74) is 0. The first-order valence-corrected chi connectivity index (χ1v) is 4.51. The Bertz CT molecular complexity index is 184. The molecule has 12 heavy (non-hydrogen) atoms. The van der Waals surface area contributed by atoms with E-state index in [2.05, 4.69) is 30.6 Å². The summed E-state index contributed by atoms with van der Waals surface area (Å²) in [5.74, 6) is 7.29. The lowest BCUT2D eigenvalue weighted by Gasteiger charge is -2.35. The Balaban J connectivity index is 2.14. The Morgan fingerprint density at radius 1 is 1.50 bits per heavy atom. The van der Waals surface area contributed by atoms with E-state index in [1.807, 2.05) is 0 Å². The van der Waals surface area contributed by atoms with E-state index in [0.717, 1.165) is 13.1 Å². The van der Waals surface area contributed by atoms with Gasteiger partial charge in [0.15, 0.2) is 0 Å². The summed E-state index contributed by atoms with van der Waals surface area (Å²) in [5, 5.41) is 0. The van der Waals surface area contributed by atoms with Gasteiger partial charge in [-0.25, -0.2) is 4.39 Å². The van der Waals surface area contributed by atoms with Crippen LogP contribution in [0.3, 0.4) is 0 Å². The van der Waals surface area contributed by atoms with Gasteiger partial charge in [0.05, 0.1) is 0 Å². The third kappa shape index (κ3) is 2.83. The third-order valence-electron chi connectivity index (χ3n) is 1.93. The van der Waals surface area contributed by atoms with Crippen molar-refractivity contribution >= 4 is 0 Å². The maximum atomic E-state index is 11.8.